The number of nitrogens with zero attached hydrogens (tertiary/aromatic N) is 3. The van der Waals surface area contributed by atoms with Crippen LogP contribution < -0.4 is 4.72 Å². The van der Waals surface area contributed by atoms with Gasteiger partial charge in [0.25, 0.3) is 10.0 Å². The molecule has 0 radical (unpaired) electrons. The van der Waals surface area contributed by atoms with E-state index in [-0.39, 0.29) is 18.0 Å². The van der Waals surface area contributed by atoms with Crippen LogP contribution in [0.15, 0.2) is 11.2 Å². The summed E-state index contributed by atoms with van der Waals surface area (Å²) in [5, 5.41) is 8.26. The number of sulfonamides is 1. The second-order valence-corrected chi connectivity index (χ2v) is 4.76. The fourth-order valence-electron chi connectivity index (χ4n) is 0.971. The molecule has 1 aromatic rings. The van der Waals surface area contributed by atoms with Crippen molar-refractivity contribution in [2.75, 3.05) is 6.54 Å². The number of hydrogen-bond acceptors (Lipinski definition) is 4. The minimum atomic E-state index is -3.57. The van der Waals surface area contributed by atoms with E-state index in [0.717, 1.165) is 0 Å². The molecule has 1 N–H and O–H groups in total. The minimum absolute atomic E-state index is 0.0135. The van der Waals surface area contributed by atoms with Crippen molar-refractivity contribution >= 4 is 10.0 Å². The Kier molecular flexibility index (Phi) is 3.44. The van der Waals surface area contributed by atoms with Crippen molar-refractivity contribution in [3.63, 3.8) is 0 Å². The van der Waals surface area contributed by atoms with Crippen molar-refractivity contribution in [1.29, 1.82) is 5.26 Å². The molecule has 7 heteroatoms. The molecule has 1 aromatic heterocycles. The molecule has 0 saturated heterocycles. The van der Waals surface area contributed by atoms with Crippen LogP contribution in [0.25, 0.3) is 0 Å². The Labute approximate surface area is 88.6 Å². The van der Waals surface area contributed by atoms with Gasteiger partial charge in [0.05, 0.1) is 6.07 Å². The van der Waals surface area contributed by atoms with Gasteiger partial charge in [-0.1, -0.05) is 0 Å². The largest absolute Gasteiger partial charge is 0.337 e. The highest BCUT2D eigenvalue weighted by Gasteiger charge is 2.17. The van der Waals surface area contributed by atoms with Gasteiger partial charge in [-0.3, -0.25) is 0 Å². The van der Waals surface area contributed by atoms with E-state index in [0.29, 0.717) is 5.82 Å². The summed E-state index contributed by atoms with van der Waals surface area (Å²) in [5.41, 5.74) is 0. The Morgan fingerprint density at radius 3 is 2.80 bits per heavy atom. The fourth-order valence-corrected chi connectivity index (χ4v) is 2.04. The van der Waals surface area contributed by atoms with Crippen molar-refractivity contribution in [1.82, 2.24) is 14.3 Å². The van der Waals surface area contributed by atoms with Crippen LogP contribution in [0.2, 0.25) is 0 Å². The zero-order chi connectivity index (χ0) is 11.5. The molecule has 0 unspecified atom stereocenters. The maximum Gasteiger partial charge on any atom is 0.259 e. The first-order chi connectivity index (χ1) is 6.97. The van der Waals surface area contributed by atoms with Gasteiger partial charge < -0.3 is 4.57 Å². The molecule has 0 spiro atoms. The van der Waals surface area contributed by atoms with E-state index in [1.165, 1.54) is 6.20 Å². The monoisotopic (exact) mass is 228 g/mol. The molecule has 0 aliphatic rings. The van der Waals surface area contributed by atoms with Gasteiger partial charge >= 0.3 is 0 Å². The van der Waals surface area contributed by atoms with E-state index in [9.17, 15) is 8.42 Å². The fraction of sp³-hybridized carbons (Fsp3) is 0.500. The number of imidazole rings is 1. The van der Waals surface area contributed by atoms with E-state index in [1.54, 1.807) is 18.5 Å². The molecular formula is C8H12N4O2S. The topological polar surface area (TPSA) is 87.8 Å². The van der Waals surface area contributed by atoms with Crippen LogP contribution >= 0.6 is 0 Å². The molecule has 0 bridgehead atoms. The highest BCUT2D eigenvalue weighted by atomic mass is 32.2. The number of hydrogen-bond donors (Lipinski definition) is 1. The van der Waals surface area contributed by atoms with Crippen LogP contribution in [0.5, 0.6) is 0 Å². The molecule has 0 aliphatic carbocycles. The van der Waals surface area contributed by atoms with Crippen LogP contribution in [0.4, 0.5) is 0 Å². The Morgan fingerprint density at radius 1 is 1.67 bits per heavy atom. The van der Waals surface area contributed by atoms with E-state index in [2.05, 4.69) is 9.71 Å². The molecule has 6 nitrogen and oxygen atoms in total. The highest BCUT2D eigenvalue weighted by molar-refractivity contribution is 7.89. The molecule has 0 aromatic carbocycles. The summed E-state index contributed by atoms with van der Waals surface area (Å²) >= 11 is 0. The summed E-state index contributed by atoms with van der Waals surface area (Å²) in [7, 11) is -1.85. The van der Waals surface area contributed by atoms with Crippen LogP contribution in [0.1, 0.15) is 12.2 Å². The third-order valence-corrected chi connectivity index (χ3v) is 3.22. The number of aryl methyl sites for hydroxylation is 2. The van der Waals surface area contributed by atoms with Gasteiger partial charge in [0.2, 0.25) is 0 Å². The smallest absolute Gasteiger partial charge is 0.259 e. The highest BCUT2D eigenvalue weighted by Crippen LogP contribution is 2.06. The molecule has 0 aliphatic heterocycles. The molecule has 82 valence electrons. The van der Waals surface area contributed by atoms with Crippen LogP contribution in [-0.2, 0) is 17.1 Å². The Balaban J connectivity index is 2.83. The number of nitrogens with one attached hydrogen (secondary N) is 1. The van der Waals surface area contributed by atoms with E-state index >= 15 is 0 Å². The van der Waals surface area contributed by atoms with Gasteiger partial charge in [0.1, 0.15) is 5.82 Å². The van der Waals surface area contributed by atoms with Crippen molar-refractivity contribution in [2.24, 2.45) is 7.05 Å². The summed E-state index contributed by atoms with van der Waals surface area (Å²) < 4.78 is 27.1. The van der Waals surface area contributed by atoms with Crippen molar-refractivity contribution in [2.45, 2.75) is 18.4 Å². The van der Waals surface area contributed by atoms with Gasteiger partial charge in [-0.25, -0.2) is 18.1 Å². The zero-order valence-corrected chi connectivity index (χ0v) is 9.37. The third-order valence-electron chi connectivity index (χ3n) is 1.89. The molecule has 1 heterocycles. The van der Waals surface area contributed by atoms with Crippen molar-refractivity contribution < 1.29 is 8.42 Å². The lowest BCUT2D eigenvalue weighted by molar-refractivity contribution is 0.579. The molecule has 0 amide bonds. The first kappa shape index (κ1) is 11.7. The summed E-state index contributed by atoms with van der Waals surface area (Å²) in [6, 6.07) is 1.86. The Morgan fingerprint density at radius 2 is 2.33 bits per heavy atom. The zero-order valence-electron chi connectivity index (χ0n) is 8.56. The van der Waals surface area contributed by atoms with Crippen molar-refractivity contribution in [3.05, 3.63) is 12.0 Å². The third kappa shape index (κ3) is 2.78. The quantitative estimate of drug-likeness (QED) is 0.730. The minimum Gasteiger partial charge on any atom is -0.337 e. The maximum absolute atomic E-state index is 11.6. The predicted molar refractivity (Wildman–Crippen MR) is 53.4 cm³/mol. The molecule has 0 atom stereocenters. The van der Waals surface area contributed by atoms with E-state index in [1.807, 2.05) is 6.07 Å². The molecular weight excluding hydrogens is 216 g/mol. The predicted octanol–water partition coefficient (Wildman–Crippen LogP) is -0.0795. The summed E-state index contributed by atoms with van der Waals surface area (Å²) in [4.78, 5) is 3.89. The average molecular weight is 228 g/mol. The molecule has 0 fully saturated rings. The Hall–Kier alpha value is -1.39. The number of nitriles is 1. The SMILES string of the molecule is Cc1nc(S(=O)(=O)NCCC#N)cn1C. The molecule has 1 rings (SSSR count). The van der Waals surface area contributed by atoms with E-state index in [4.69, 9.17) is 5.26 Å². The standard InChI is InChI=1S/C8H12N4O2S/c1-7-11-8(6-12(7)2)15(13,14)10-5-3-4-9/h6,10H,3,5H2,1-2H3. The number of aromatic nitrogens is 2. The lowest BCUT2D eigenvalue weighted by atomic mass is 10.5. The second-order valence-electron chi connectivity index (χ2n) is 3.04. The summed E-state index contributed by atoms with van der Waals surface area (Å²) in [5.74, 6) is 0.621. The molecule has 0 saturated carbocycles. The number of rotatable bonds is 4. The lowest BCUT2D eigenvalue weighted by Gasteiger charge is -1.99. The maximum atomic E-state index is 11.6. The van der Waals surface area contributed by atoms with Gasteiger partial charge in [-0.2, -0.15) is 5.26 Å². The van der Waals surface area contributed by atoms with Gasteiger partial charge in [0.15, 0.2) is 5.03 Å². The normalized spacial score (nSPS) is 11.3. The molecule has 15 heavy (non-hydrogen) atoms. The lowest BCUT2D eigenvalue weighted by Crippen LogP contribution is -2.24. The van der Waals surface area contributed by atoms with Gasteiger partial charge in [0, 0.05) is 26.2 Å². The first-order valence-corrected chi connectivity index (χ1v) is 5.82. The van der Waals surface area contributed by atoms with Gasteiger partial charge in [-0.05, 0) is 6.92 Å². The van der Waals surface area contributed by atoms with Crippen LogP contribution in [0.3, 0.4) is 0 Å². The summed E-state index contributed by atoms with van der Waals surface area (Å²) in [6.07, 6.45) is 1.58. The van der Waals surface area contributed by atoms with E-state index < -0.39 is 10.0 Å². The Bertz CT molecular complexity index is 464. The first-order valence-electron chi connectivity index (χ1n) is 4.34. The average Bonchev–Trinajstić information content (AvgIpc) is 2.48. The van der Waals surface area contributed by atoms with Crippen molar-refractivity contribution in [3.8, 4) is 6.07 Å². The summed E-state index contributed by atoms with van der Waals surface area (Å²) in [6.45, 7) is 1.82. The van der Waals surface area contributed by atoms with Crippen LogP contribution in [0, 0.1) is 18.3 Å². The second kappa shape index (κ2) is 4.42. The van der Waals surface area contributed by atoms with Gasteiger partial charge in [-0.15, -0.1) is 0 Å². The van der Waals surface area contributed by atoms with Crippen LogP contribution in [-0.4, -0.2) is 24.5 Å².